The maximum atomic E-state index is 12.2. The van der Waals surface area contributed by atoms with E-state index in [-0.39, 0.29) is 30.3 Å². The number of rotatable bonds is 8. The lowest BCUT2D eigenvalue weighted by molar-refractivity contribution is -0.124. The molecule has 126 valence electrons. The number of hydrogen-bond acceptors (Lipinski definition) is 3. The molecule has 0 heterocycles. The standard InChI is InChI=1S/C17H23BrN2O3/c1-11(2)10-15(16(22)9-4-12(3)21)20-17(23)19-14-7-5-13(18)6-8-14/h5-8,11,15H,4,9-10H2,1-3H3,(H2,19,20,23)/t15-/m0/s1. The molecule has 0 aliphatic rings. The number of anilines is 1. The van der Waals surface area contributed by atoms with Crippen LogP contribution in [0.4, 0.5) is 10.5 Å². The van der Waals surface area contributed by atoms with Gasteiger partial charge in [0.25, 0.3) is 0 Å². The largest absolute Gasteiger partial charge is 0.328 e. The SMILES string of the molecule is CC(=O)CCC(=O)[C@H](CC(C)C)NC(=O)Nc1ccc(Br)cc1. The number of ketones is 2. The van der Waals surface area contributed by atoms with Crippen LogP contribution in [0.25, 0.3) is 0 Å². The monoisotopic (exact) mass is 382 g/mol. The van der Waals surface area contributed by atoms with Crippen molar-refractivity contribution in [3.8, 4) is 0 Å². The molecule has 0 aliphatic carbocycles. The van der Waals surface area contributed by atoms with Crippen molar-refractivity contribution in [2.24, 2.45) is 5.92 Å². The Morgan fingerprint density at radius 1 is 1.09 bits per heavy atom. The molecule has 0 fully saturated rings. The van der Waals surface area contributed by atoms with Crippen LogP contribution in [0, 0.1) is 5.92 Å². The molecule has 2 amide bonds. The van der Waals surface area contributed by atoms with Crippen LogP contribution in [-0.4, -0.2) is 23.6 Å². The average molecular weight is 383 g/mol. The van der Waals surface area contributed by atoms with Crippen LogP contribution in [0.5, 0.6) is 0 Å². The first kappa shape index (κ1) is 19.4. The first-order valence-electron chi connectivity index (χ1n) is 7.63. The zero-order valence-corrected chi connectivity index (χ0v) is 15.3. The van der Waals surface area contributed by atoms with Gasteiger partial charge in [0, 0.05) is 23.0 Å². The van der Waals surface area contributed by atoms with Crippen molar-refractivity contribution in [1.82, 2.24) is 5.32 Å². The van der Waals surface area contributed by atoms with Crippen LogP contribution in [0.1, 0.15) is 40.0 Å². The number of hydrogen-bond donors (Lipinski definition) is 2. The Morgan fingerprint density at radius 3 is 2.22 bits per heavy atom. The molecule has 1 aromatic rings. The van der Waals surface area contributed by atoms with E-state index in [0.717, 1.165) is 4.47 Å². The highest BCUT2D eigenvalue weighted by Gasteiger charge is 2.22. The molecule has 0 spiro atoms. The Balaban J connectivity index is 2.64. The summed E-state index contributed by atoms with van der Waals surface area (Å²) in [6.07, 6.45) is 0.916. The van der Waals surface area contributed by atoms with E-state index in [1.54, 1.807) is 12.1 Å². The van der Waals surface area contributed by atoms with Crippen molar-refractivity contribution in [2.45, 2.75) is 46.1 Å². The first-order chi connectivity index (χ1) is 10.8. The molecule has 0 unspecified atom stereocenters. The summed E-state index contributed by atoms with van der Waals surface area (Å²) >= 11 is 3.33. The van der Waals surface area contributed by atoms with Gasteiger partial charge in [-0.05, 0) is 43.5 Å². The molecule has 1 atom stereocenters. The van der Waals surface area contributed by atoms with Gasteiger partial charge in [0.1, 0.15) is 5.78 Å². The highest BCUT2D eigenvalue weighted by atomic mass is 79.9. The summed E-state index contributed by atoms with van der Waals surface area (Å²) in [5.41, 5.74) is 0.644. The number of benzene rings is 1. The molecule has 0 saturated heterocycles. The molecule has 1 rings (SSSR count). The van der Waals surface area contributed by atoms with E-state index in [1.165, 1.54) is 6.92 Å². The molecule has 0 radical (unpaired) electrons. The Hall–Kier alpha value is -1.69. The number of Topliss-reactive ketones (excluding diaryl/α,β-unsaturated/α-hetero) is 2. The number of carbonyl (C=O) groups excluding carboxylic acids is 3. The molecule has 2 N–H and O–H groups in total. The van der Waals surface area contributed by atoms with Gasteiger partial charge in [-0.3, -0.25) is 4.79 Å². The van der Waals surface area contributed by atoms with Crippen LogP contribution in [0.2, 0.25) is 0 Å². The van der Waals surface area contributed by atoms with Gasteiger partial charge in [-0.25, -0.2) is 4.79 Å². The van der Waals surface area contributed by atoms with Gasteiger partial charge in [-0.15, -0.1) is 0 Å². The smallest absolute Gasteiger partial charge is 0.319 e. The molecule has 6 heteroatoms. The lowest BCUT2D eigenvalue weighted by Crippen LogP contribution is -2.43. The van der Waals surface area contributed by atoms with Gasteiger partial charge in [0.2, 0.25) is 0 Å². The predicted molar refractivity (Wildman–Crippen MR) is 94.5 cm³/mol. The van der Waals surface area contributed by atoms with Crippen LogP contribution in [-0.2, 0) is 9.59 Å². The fraction of sp³-hybridized carbons (Fsp3) is 0.471. The van der Waals surface area contributed by atoms with E-state index in [9.17, 15) is 14.4 Å². The third-order valence-corrected chi connectivity index (χ3v) is 3.76. The summed E-state index contributed by atoms with van der Waals surface area (Å²) in [6.45, 7) is 5.43. The minimum absolute atomic E-state index is 0.0269. The Bertz CT molecular complexity index is 555. The first-order valence-corrected chi connectivity index (χ1v) is 8.42. The predicted octanol–water partition coefficient (Wildman–Crippen LogP) is 3.92. The molecule has 23 heavy (non-hydrogen) atoms. The lowest BCUT2D eigenvalue weighted by atomic mass is 9.97. The molecule has 1 aromatic carbocycles. The van der Waals surface area contributed by atoms with Gasteiger partial charge in [-0.2, -0.15) is 0 Å². The Labute approximate surface area is 145 Å². The summed E-state index contributed by atoms with van der Waals surface area (Å²) in [5.74, 6) is 0.120. The minimum atomic E-state index is -0.579. The van der Waals surface area contributed by atoms with Crippen LogP contribution >= 0.6 is 15.9 Å². The highest BCUT2D eigenvalue weighted by Crippen LogP contribution is 2.14. The topological polar surface area (TPSA) is 75.3 Å². The zero-order chi connectivity index (χ0) is 17.4. The van der Waals surface area contributed by atoms with Crippen LogP contribution < -0.4 is 10.6 Å². The average Bonchev–Trinajstić information content (AvgIpc) is 2.46. The third-order valence-electron chi connectivity index (χ3n) is 3.23. The number of amides is 2. The number of nitrogens with one attached hydrogen (secondary N) is 2. The molecular formula is C17H23BrN2O3. The molecular weight excluding hydrogens is 360 g/mol. The molecule has 5 nitrogen and oxygen atoms in total. The maximum absolute atomic E-state index is 12.2. The van der Waals surface area contributed by atoms with E-state index >= 15 is 0 Å². The summed E-state index contributed by atoms with van der Waals surface area (Å²) in [5, 5.41) is 5.41. The van der Waals surface area contributed by atoms with Crippen molar-refractivity contribution < 1.29 is 14.4 Å². The van der Waals surface area contributed by atoms with Crippen LogP contribution in [0.15, 0.2) is 28.7 Å². The van der Waals surface area contributed by atoms with Gasteiger partial charge in [0.05, 0.1) is 6.04 Å². The molecule has 0 bridgehead atoms. The molecule has 0 aromatic heterocycles. The quantitative estimate of drug-likeness (QED) is 0.715. The van der Waals surface area contributed by atoms with E-state index < -0.39 is 12.1 Å². The number of carbonyl (C=O) groups is 3. The van der Waals surface area contributed by atoms with Gasteiger partial charge < -0.3 is 15.4 Å². The summed E-state index contributed by atoms with van der Waals surface area (Å²) in [7, 11) is 0. The number of urea groups is 1. The maximum Gasteiger partial charge on any atom is 0.319 e. The molecule has 0 aliphatic heterocycles. The van der Waals surface area contributed by atoms with E-state index in [2.05, 4.69) is 26.6 Å². The van der Waals surface area contributed by atoms with E-state index in [1.807, 2.05) is 26.0 Å². The zero-order valence-electron chi connectivity index (χ0n) is 13.7. The fourth-order valence-electron chi connectivity index (χ4n) is 2.07. The summed E-state index contributed by atoms with van der Waals surface area (Å²) in [4.78, 5) is 35.3. The van der Waals surface area contributed by atoms with Crippen molar-refractivity contribution in [1.29, 1.82) is 0 Å². The Kier molecular flexibility index (Phi) is 7.95. The van der Waals surface area contributed by atoms with Gasteiger partial charge in [0.15, 0.2) is 5.78 Å². The highest BCUT2D eigenvalue weighted by molar-refractivity contribution is 9.10. The number of halogens is 1. The fourth-order valence-corrected chi connectivity index (χ4v) is 2.34. The van der Waals surface area contributed by atoms with Gasteiger partial charge in [-0.1, -0.05) is 29.8 Å². The van der Waals surface area contributed by atoms with Crippen molar-refractivity contribution in [3.05, 3.63) is 28.7 Å². The summed E-state index contributed by atoms with van der Waals surface area (Å²) in [6, 6.07) is 6.16. The normalized spacial score (nSPS) is 11.9. The van der Waals surface area contributed by atoms with Crippen molar-refractivity contribution in [2.75, 3.05) is 5.32 Å². The van der Waals surface area contributed by atoms with E-state index in [4.69, 9.17) is 0 Å². The minimum Gasteiger partial charge on any atom is -0.328 e. The van der Waals surface area contributed by atoms with Crippen molar-refractivity contribution in [3.63, 3.8) is 0 Å². The Morgan fingerprint density at radius 2 is 1.70 bits per heavy atom. The summed E-state index contributed by atoms with van der Waals surface area (Å²) < 4.78 is 0.917. The second kappa shape index (κ2) is 9.45. The third kappa shape index (κ3) is 7.93. The second-order valence-electron chi connectivity index (χ2n) is 5.96. The van der Waals surface area contributed by atoms with E-state index in [0.29, 0.717) is 12.1 Å². The van der Waals surface area contributed by atoms with Crippen molar-refractivity contribution >= 4 is 39.2 Å². The van der Waals surface area contributed by atoms with Gasteiger partial charge >= 0.3 is 6.03 Å². The second-order valence-corrected chi connectivity index (χ2v) is 6.87. The lowest BCUT2D eigenvalue weighted by Gasteiger charge is -2.20. The van der Waals surface area contributed by atoms with Crippen LogP contribution in [0.3, 0.4) is 0 Å². The molecule has 0 saturated carbocycles.